The third kappa shape index (κ3) is 6.10. The van der Waals surface area contributed by atoms with Crippen LogP contribution in [0.2, 0.25) is 0 Å². The number of carbonyl (C=O) groups excluding carboxylic acids is 2. The van der Waals surface area contributed by atoms with Crippen LogP contribution in [0, 0.1) is 0 Å². The van der Waals surface area contributed by atoms with Crippen LogP contribution in [0.5, 0.6) is 5.75 Å². The Morgan fingerprint density at radius 2 is 1.60 bits per heavy atom. The highest BCUT2D eigenvalue weighted by atomic mass is 16.5. The molecule has 5 aromatic rings. The molecule has 2 aromatic heterocycles. The maximum Gasteiger partial charge on any atom is 0.257 e. The van der Waals surface area contributed by atoms with Crippen molar-refractivity contribution in [2.24, 2.45) is 0 Å². The molecule has 0 radical (unpaired) electrons. The zero-order chi connectivity index (χ0) is 28.7. The van der Waals surface area contributed by atoms with E-state index >= 15 is 0 Å². The number of aromatic nitrogens is 3. The number of amides is 1. The largest absolute Gasteiger partial charge is 0.489 e. The van der Waals surface area contributed by atoms with E-state index in [2.05, 4.69) is 22.5 Å². The first kappa shape index (κ1) is 27.4. The van der Waals surface area contributed by atoms with Crippen LogP contribution < -0.4 is 10.1 Å². The monoisotopic (exact) mass is 558 g/mol. The highest BCUT2D eigenvalue weighted by Gasteiger charge is 2.26. The Bertz CT molecular complexity index is 1640. The van der Waals surface area contributed by atoms with Gasteiger partial charge in [-0.2, -0.15) is 5.10 Å². The minimum Gasteiger partial charge on any atom is -0.489 e. The third-order valence-electron chi connectivity index (χ3n) is 7.99. The summed E-state index contributed by atoms with van der Waals surface area (Å²) < 4.78 is 7.85. The Balaban J connectivity index is 1.28. The van der Waals surface area contributed by atoms with Gasteiger partial charge in [-0.25, -0.2) is 9.50 Å². The van der Waals surface area contributed by atoms with E-state index in [1.165, 1.54) is 6.42 Å². The first-order chi connectivity index (χ1) is 20.7. The average molecular weight is 559 g/mol. The number of nitrogens with zero attached hydrogens (tertiary/aromatic N) is 3. The van der Waals surface area contributed by atoms with Gasteiger partial charge in [-0.05, 0) is 48.1 Å². The van der Waals surface area contributed by atoms with Crippen LogP contribution in [0.1, 0.15) is 65.2 Å². The summed E-state index contributed by atoms with van der Waals surface area (Å²) in [6.07, 6.45) is 10.3. The number of rotatable bonds is 10. The number of hydrogen-bond donors (Lipinski definition) is 1. The number of aldehydes is 1. The number of hydrogen-bond acceptors (Lipinski definition) is 5. The molecule has 2 heterocycles. The van der Waals surface area contributed by atoms with Gasteiger partial charge in [-0.1, -0.05) is 92.1 Å². The van der Waals surface area contributed by atoms with Gasteiger partial charge < -0.3 is 14.8 Å². The Hall–Kier alpha value is -4.78. The molecule has 6 rings (SSSR count). The Morgan fingerprint density at radius 3 is 2.29 bits per heavy atom. The molecular formula is C35H34N4O3. The van der Waals surface area contributed by atoms with E-state index in [9.17, 15) is 9.59 Å². The van der Waals surface area contributed by atoms with Gasteiger partial charge in [0, 0.05) is 17.7 Å². The molecule has 0 aliphatic heterocycles. The first-order valence-electron chi connectivity index (χ1n) is 14.6. The van der Waals surface area contributed by atoms with E-state index in [0.29, 0.717) is 30.2 Å². The summed E-state index contributed by atoms with van der Waals surface area (Å²) in [6, 6.07) is 27.2. The lowest BCUT2D eigenvalue weighted by Crippen LogP contribution is -2.37. The summed E-state index contributed by atoms with van der Waals surface area (Å²) >= 11 is 0. The van der Waals surface area contributed by atoms with Crippen LogP contribution in [0.4, 0.5) is 0 Å². The smallest absolute Gasteiger partial charge is 0.257 e. The van der Waals surface area contributed by atoms with Gasteiger partial charge in [0.2, 0.25) is 0 Å². The summed E-state index contributed by atoms with van der Waals surface area (Å²) in [4.78, 5) is 29.9. The first-order valence-corrected chi connectivity index (χ1v) is 14.6. The van der Waals surface area contributed by atoms with Crippen molar-refractivity contribution in [3.05, 3.63) is 120 Å². The minimum absolute atomic E-state index is 0.310. The molecule has 42 heavy (non-hydrogen) atoms. The fourth-order valence-corrected chi connectivity index (χ4v) is 5.82. The fraction of sp³-hybridized carbons (Fsp3) is 0.257. The van der Waals surface area contributed by atoms with E-state index in [-0.39, 0.29) is 5.91 Å². The number of nitrogens with one attached hydrogen (secondary N) is 1. The van der Waals surface area contributed by atoms with Crippen molar-refractivity contribution in [1.29, 1.82) is 0 Å². The second kappa shape index (κ2) is 12.8. The lowest BCUT2D eigenvalue weighted by atomic mass is 9.84. The molecule has 1 fully saturated rings. The molecule has 1 amide bonds. The van der Waals surface area contributed by atoms with E-state index in [1.807, 2.05) is 83.5 Å². The van der Waals surface area contributed by atoms with Gasteiger partial charge >= 0.3 is 0 Å². The quantitative estimate of drug-likeness (QED) is 0.196. The van der Waals surface area contributed by atoms with E-state index in [1.54, 1.807) is 6.20 Å². The molecule has 0 spiro atoms. The van der Waals surface area contributed by atoms with Gasteiger partial charge in [0.1, 0.15) is 24.2 Å². The van der Waals surface area contributed by atoms with Gasteiger partial charge in [0.25, 0.3) is 5.91 Å². The molecule has 7 nitrogen and oxygen atoms in total. The van der Waals surface area contributed by atoms with Crippen LogP contribution in [0.15, 0.2) is 97.3 Å². The van der Waals surface area contributed by atoms with Crippen LogP contribution in [-0.2, 0) is 17.8 Å². The topological polar surface area (TPSA) is 85.6 Å². The van der Waals surface area contributed by atoms with Crippen LogP contribution in [0.25, 0.3) is 16.8 Å². The molecule has 0 saturated heterocycles. The third-order valence-corrected chi connectivity index (χ3v) is 7.99. The molecule has 3 aromatic carbocycles. The maximum atomic E-state index is 13.3. The van der Waals surface area contributed by atoms with Crippen molar-refractivity contribution in [2.45, 2.75) is 57.1 Å². The van der Waals surface area contributed by atoms with Gasteiger partial charge in [-0.3, -0.25) is 4.79 Å². The predicted molar refractivity (Wildman–Crippen MR) is 162 cm³/mol. The minimum atomic E-state index is -0.644. The highest BCUT2D eigenvalue weighted by Crippen LogP contribution is 2.38. The van der Waals surface area contributed by atoms with Crippen molar-refractivity contribution < 1.29 is 14.3 Å². The average Bonchev–Trinajstić information content (AvgIpc) is 3.49. The van der Waals surface area contributed by atoms with E-state index < -0.39 is 6.04 Å². The molecule has 7 heteroatoms. The van der Waals surface area contributed by atoms with Crippen LogP contribution in [-0.4, -0.2) is 32.8 Å². The molecule has 212 valence electrons. The number of ether oxygens (including phenoxy) is 1. The lowest BCUT2D eigenvalue weighted by Gasteiger charge is -2.25. The normalized spacial score (nSPS) is 14.4. The zero-order valence-corrected chi connectivity index (χ0v) is 23.5. The standard InChI is InChI=1S/C35H34N4O3/c40-23-29(20-25-10-4-1-5-11-25)38-35(41)32-22-37-39-33(28-14-8-3-9-15-28)31(21-36-34(32)39)27-16-18-30(19-17-27)42-24-26-12-6-2-7-13-26/h1-2,4-7,10-13,16-19,21-23,28-29H,3,8-9,14-15,20,24H2,(H,38,41). The Kier molecular flexibility index (Phi) is 8.36. The fourth-order valence-electron chi connectivity index (χ4n) is 5.82. The highest BCUT2D eigenvalue weighted by molar-refractivity contribution is 6.01. The van der Waals surface area contributed by atoms with E-state index in [4.69, 9.17) is 9.72 Å². The van der Waals surface area contributed by atoms with Gasteiger partial charge in [0.15, 0.2) is 5.65 Å². The molecule has 1 atom stereocenters. The van der Waals surface area contributed by atoms with Crippen molar-refractivity contribution in [2.75, 3.05) is 0 Å². The van der Waals surface area contributed by atoms with E-state index in [0.717, 1.165) is 65.7 Å². The number of carbonyl (C=O) groups is 2. The second-order valence-corrected chi connectivity index (χ2v) is 10.9. The number of benzene rings is 3. The molecule has 1 N–H and O–H groups in total. The molecular weight excluding hydrogens is 524 g/mol. The molecule has 1 saturated carbocycles. The lowest BCUT2D eigenvalue weighted by molar-refractivity contribution is -0.109. The van der Waals surface area contributed by atoms with Crippen molar-refractivity contribution >= 4 is 17.8 Å². The predicted octanol–water partition coefficient (Wildman–Crippen LogP) is 6.56. The zero-order valence-electron chi connectivity index (χ0n) is 23.5. The summed E-state index contributed by atoms with van der Waals surface area (Å²) in [7, 11) is 0. The Labute approximate surface area is 245 Å². The maximum absolute atomic E-state index is 13.3. The summed E-state index contributed by atoms with van der Waals surface area (Å²) in [5.74, 6) is 0.756. The number of fused-ring (bicyclic) bond motifs is 1. The molecule has 1 aliphatic rings. The molecule has 1 aliphatic carbocycles. The second-order valence-electron chi connectivity index (χ2n) is 10.9. The van der Waals surface area contributed by atoms with Crippen LogP contribution >= 0.6 is 0 Å². The van der Waals surface area contributed by atoms with Gasteiger partial charge in [-0.15, -0.1) is 0 Å². The Morgan fingerprint density at radius 1 is 0.905 bits per heavy atom. The molecule has 0 bridgehead atoms. The summed E-state index contributed by atoms with van der Waals surface area (Å²) in [6.45, 7) is 0.509. The van der Waals surface area contributed by atoms with Crippen LogP contribution in [0.3, 0.4) is 0 Å². The summed E-state index contributed by atoms with van der Waals surface area (Å²) in [5, 5.41) is 7.55. The van der Waals surface area contributed by atoms with Gasteiger partial charge in [0.05, 0.1) is 17.9 Å². The van der Waals surface area contributed by atoms with Crippen molar-refractivity contribution in [3.8, 4) is 16.9 Å². The van der Waals surface area contributed by atoms with Crippen molar-refractivity contribution in [3.63, 3.8) is 0 Å². The van der Waals surface area contributed by atoms with Crippen molar-refractivity contribution in [1.82, 2.24) is 19.9 Å². The SMILES string of the molecule is O=CC(Cc1ccccc1)NC(=O)c1cnn2c(C3CCCCC3)c(-c3ccc(OCc4ccccc4)cc3)cnc12. The summed E-state index contributed by atoms with van der Waals surface area (Å²) in [5.41, 5.74) is 6.08. The molecule has 1 unspecified atom stereocenters.